The number of alkyl halides is 5. The van der Waals surface area contributed by atoms with Crippen LogP contribution in [0.3, 0.4) is 0 Å². The summed E-state index contributed by atoms with van der Waals surface area (Å²) in [5.41, 5.74) is -1.75. The smallest absolute Gasteiger partial charge is 0.453 e. The topological polar surface area (TPSA) is 26.3 Å². The van der Waals surface area contributed by atoms with Crippen LogP contribution in [0.25, 0.3) is 0 Å². The summed E-state index contributed by atoms with van der Waals surface area (Å²) in [6, 6.07) is 0. The van der Waals surface area contributed by atoms with Crippen LogP contribution >= 0.6 is 0 Å². The second kappa shape index (κ2) is 5.46. The molecule has 0 aliphatic heterocycles. The van der Waals surface area contributed by atoms with Crippen LogP contribution in [-0.2, 0) is 9.53 Å². The third-order valence-corrected chi connectivity index (χ3v) is 3.21. The van der Waals surface area contributed by atoms with Gasteiger partial charge in [0.1, 0.15) is 5.60 Å². The van der Waals surface area contributed by atoms with Crippen molar-refractivity contribution < 1.29 is 31.5 Å². The first-order valence-electron chi connectivity index (χ1n) is 5.92. The zero-order valence-corrected chi connectivity index (χ0v) is 10.2. The molecule has 1 aliphatic rings. The number of halogens is 5. The second-order valence-corrected chi connectivity index (χ2v) is 4.75. The minimum atomic E-state index is -5.64. The summed E-state index contributed by atoms with van der Waals surface area (Å²) in [7, 11) is 0. The molecular weight excluding hydrogens is 271 g/mol. The third kappa shape index (κ3) is 3.91. The molecule has 0 amide bonds. The SMILES string of the molecule is C=CC(=O)OC1(CC(F)(F)C(F)(F)F)CCCCC1. The summed E-state index contributed by atoms with van der Waals surface area (Å²) in [4.78, 5) is 11.2. The van der Waals surface area contributed by atoms with Crippen LogP contribution in [-0.4, -0.2) is 23.7 Å². The van der Waals surface area contributed by atoms with Gasteiger partial charge >= 0.3 is 18.1 Å². The zero-order valence-electron chi connectivity index (χ0n) is 10.2. The fourth-order valence-corrected chi connectivity index (χ4v) is 2.27. The van der Waals surface area contributed by atoms with Crippen molar-refractivity contribution in [3.63, 3.8) is 0 Å². The molecule has 7 heteroatoms. The lowest BCUT2D eigenvalue weighted by molar-refractivity contribution is -0.299. The van der Waals surface area contributed by atoms with Crippen LogP contribution in [0.5, 0.6) is 0 Å². The largest absolute Gasteiger partial charge is 0.456 e. The van der Waals surface area contributed by atoms with Gasteiger partial charge in [-0.3, -0.25) is 0 Å². The van der Waals surface area contributed by atoms with Crippen LogP contribution < -0.4 is 0 Å². The Morgan fingerprint density at radius 3 is 2.11 bits per heavy atom. The maximum atomic E-state index is 13.2. The molecule has 0 bridgehead atoms. The molecule has 0 atom stereocenters. The Morgan fingerprint density at radius 2 is 1.68 bits per heavy atom. The van der Waals surface area contributed by atoms with E-state index in [4.69, 9.17) is 4.74 Å². The lowest BCUT2D eigenvalue weighted by atomic mass is 9.80. The van der Waals surface area contributed by atoms with E-state index in [1.165, 1.54) is 0 Å². The number of carbonyl (C=O) groups excluding carboxylic acids is 1. The first kappa shape index (κ1) is 15.9. The lowest BCUT2D eigenvalue weighted by Gasteiger charge is -2.39. The highest BCUT2D eigenvalue weighted by Gasteiger charge is 2.61. The van der Waals surface area contributed by atoms with Gasteiger partial charge in [0, 0.05) is 6.08 Å². The molecule has 1 fully saturated rings. The summed E-state index contributed by atoms with van der Waals surface area (Å²) >= 11 is 0. The fraction of sp³-hybridized carbons (Fsp3) is 0.750. The average Bonchev–Trinajstić information content (AvgIpc) is 2.27. The van der Waals surface area contributed by atoms with Crippen molar-refractivity contribution in [2.45, 2.75) is 56.2 Å². The van der Waals surface area contributed by atoms with Gasteiger partial charge in [0.05, 0.1) is 6.42 Å². The highest BCUT2D eigenvalue weighted by Crippen LogP contribution is 2.46. The monoisotopic (exact) mass is 286 g/mol. The molecule has 19 heavy (non-hydrogen) atoms. The molecule has 0 unspecified atom stereocenters. The van der Waals surface area contributed by atoms with E-state index in [2.05, 4.69) is 6.58 Å². The van der Waals surface area contributed by atoms with E-state index in [1.807, 2.05) is 0 Å². The van der Waals surface area contributed by atoms with Crippen LogP contribution in [0.2, 0.25) is 0 Å². The molecular formula is C12H15F5O2. The predicted octanol–water partition coefficient (Wildman–Crippen LogP) is 4.01. The minimum absolute atomic E-state index is 0.0122. The van der Waals surface area contributed by atoms with Gasteiger partial charge in [0.25, 0.3) is 0 Å². The van der Waals surface area contributed by atoms with Crippen molar-refractivity contribution in [2.24, 2.45) is 0 Å². The maximum Gasteiger partial charge on any atom is 0.453 e. The Balaban J connectivity index is 2.91. The van der Waals surface area contributed by atoms with Gasteiger partial charge in [-0.2, -0.15) is 22.0 Å². The van der Waals surface area contributed by atoms with Gasteiger partial charge in [0.2, 0.25) is 0 Å². The van der Waals surface area contributed by atoms with Crippen LogP contribution in [0, 0.1) is 0 Å². The first-order chi connectivity index (χ1) is 8.62. The summed E-state index contributed by atoms with van der Waals surface area (Å²) in [6.07, 6.45) is -4.73. The van der Waals surface area contributed by atoms with Crippen molar-refractivity contribution in [1.82, 2.24) is 0 Å². The molecule has 1 aliphatic carbocycles. The quantitative estimate of drug-likeness (QED) is 0.443. The van der Waals surface area contributed by atoms with Crippen molar-refractivity contribution in [2.75, 3.05) is 0 Å². The molecule has 110 valence electrons. The Labute approximate surface area is 107 Å². The summed E-state index contributed by atoms with van der Waals surface area (Å²) in [5.74, 6) is -5.84. The van der Waals surface area contributed by atoms with E-state index >= 15 is 0 Å². The van der Waals surface area contributed by atoms with Gasteiger partial charge in [-0.25, -0.2) is 4.79 Å². The van der Waals surface area contributed by atoms with Crippen LogP contribution in [0.4, 0.5) is 22.0 Å². The molecule has 2 nitrogen and oxygen atoms in total. The summed E-state index contributed by atoms with van der Waals surface area (Å²) in [5, 5.41) is 0. The van der Waals surface area contributed by atoms with Gasteiger partial charge in [-0.15, -0.1) is 0 Å². The van der Waals surface area contributed by atoms with Gasteiger partial charge in [-0.05, 0) is 25.7 Å². The van der Waals surface area contributed by atoms with Gasteiger partial charge in [-0.1, -0.05) is 13.0 Å². The zero-order chi connectivity index (χ0) is 14.7. The number of carbonyl (C=O) groups is 1. The Kier molecular flexibility index (Phi) is 4.58. The summed E-state index contributed by atoms with van der Waals surface area (Å²) in [6.45, 7) is 3.12. The fourth-order valence-electron chi connectivity index (χ4n) is 2.27. The second-order valence-electron chi connectivity index (χ2n) is 4.75. The standard InChI is InChI=1S/C12H15F5O2/c1-2-9(18)19-10(6-4-3-5-7-10)8-11(13,14)12(15,16)17/h2H,1,3-8H2. The number of rotatable bonds is 4. The van der Waals surface area contributed by atoms with E-state index < -0.39 is 30.1 Å². The molecule has 1 rings (SSSR count). The average molecular weight is 286 g/mol. The van der Waals surface area contributed by atoms with Gasteiger partial charge < -0.3 is 4.74 Å². The lowest BCUT2D eigenvalue weighted by Crippen LogP contribution is -2.48. The van der Waals surface area contributed by atoms with E-state index in [1.54, 1.807) is 0 Å². The molecule has 0 heterocycles. The molecule has 0 aromatic carbocycles. The Bertz CT molecular complexity index is 343. The first-order valence-corrected chi connectivity index (χ1v) is 5.92. The maximum absolute atomic E-state index is 13.2. The van der Waals surface area contributed by atoms with Crippen molar-refractivity contribution in [3.05, 3.63) is 12.7 Å². The highest BCUT2D eigenvalue weighted by molar-refractivity contribution is 5.81. The molecule has 0 spiro atoms. The number of esters is 1. The molecule has 0 saturated heterocycles. The van der Waals surface area contributed by atoms with Crippen molar-refractivity contribution in [1.29, 1.82) is 0 Å². The van der Waals surface area contributed by atoms with E-state index in [0.717, 1.165) is 12.5 Å². The van der Waals surface area contributed by atoms with E-state index in [0.29, 0.717) is 12.8 Å². The normalized spacial score (nSPS) is 19.8. The Morgan fingerprint density at radius 1 is 1.16 bits per heavy atom. The molecule has 0 aromatic heterocycles. The van der Waals surface area contributed by atoms with Crippen LogP contribution in [0.1, 0.15) is 38.5 Å². The third-order valence-electron chi connectivity index (χ3n) is 3.21. The molecule has 1 saturated carbocycles. The predicted molar refractivity (Wildman–Crippen MR) is 57.7 cm³/mol. The van der Waals surface area contributed by atoms with Crippen molar-refractivity contribution >= 4 is 5.97 Å². The number of hydrogen-bond acceptors (Lipinski definition) is 2. The van der Waals surface area contributed by atoms with Crippen molar-refractivity contribution in [3.8, 4) is 0 Å². The minimum Gasteiger partial charge on any atom is -0.456 e. The molecule has 0 aromatic rings. The highest BCUT2D eigenvalue weighted by atomic mass is 19.4. The van der Waals surface area contributed by atoms with E-state index in [-0.39, 0.29) is 12.8 Å². The molecule has 0 N–H and O–H groups in total. The number of hydrogen-bond donors (Lipinski definition) is 0. The molecule has 0 radical (unpaired) electrons. The van der Waals surface area contributed by atoms with Crippen LogP contribution in [0.15, 0.2) is 12.7 Å². The van der Waals surface area contributed by atoms with Gasteiger partial charge in [0.15, 0.2) is 0 Å². The van der Waals surface area contributed by atoms with E-state index in [9.17, 15) is 26.7 Å². The number of ether oxygens (including phenoxy) is 1. The summed E-state index contributed by atoms with van der Waals surface area (Å²) < 4.78 is 68.0. The Hall–Kier alpha value is -1.14.